The van der Waals surface area contributed by atoms with E-state index in [0.29, 0.717) is 0 Å². The van der Waals surface area contributed by atoms with Crippen molar-refractivity contribution in [1.82, 2.24) is 0 Å². The molecule has 3 aromatic carbocycles. The molecule has 0 aromatic heterocycles. The number of aryl methyl sites for hydroxylation is 4. The van der Waals surface area contributed by atoms with Crippen molar-refractivity contribution in [2.24, 2.45) is 0 Å². The van der Waals surface area contributed by atoms with Crippen molar-refractivity contribution < 1.29 is 0 Å². The molecule has 2 heteroatoms. The van der Waals surface area contributed by atoms with Gasteiger partial charge in [-0.3, -0.25) is 0 Å². The Hall–Kier alpha value is -2.25. The fourth-order valence-electron chi connectivity index (χ4n) is 3.11. The van der Waals surface area contributed by atoms with Crippen LogP contribution in [0.1, 0.15) is 22.3 Å². The minimum atomic E-state index is 0.750. The van der Waals surface area contributed by atoms with Crippen LogP contribution in [0, 0.1) is 27.7 Å². The van der Waals surface area contributed by atoms with Gasteiger partial charge in [0, 0.05) is 22.1 Å². The largest absolute Gasteiger partial charge is 0.310 e. The molecule has 0 heterocycles. The number of anilines is 3. The Kier molecular flexibility index (Phi) is 4.64. The summed E-state index contributed by atoms with van der Waals surface area (Å²) >= 11 is 6.09. The van der Waals surface area contributed by atoms with Gasteiger partial charge in [-0.25, -0.2) is 0 Å². The van der Waals surface area contributed by atoms with Crippen molar-refractivity contribution in [2.75, 3.05) is 4.90 Å². The number of nitrogens with zero attached hydrogens (tertiary/aromatic N) is 1. The molecule has 0 fully saturated rings. The molecule has 0 spiro atoms. The van der Waals surface area contributed by atoms with Gasteiger partial charge in [0.15, 0.2) is 0 Å². The summed E-state index contributed by atoms with van der Waals surface area (Å²) in [7, 11) is 0. The van der Waals surface area contributed by atoms with Gasteiger partial charge < -0.3 is 4.90 Å². The lowest BCUT2D eigenvalue weighted by atomic mass is 10.0. The average Bonchev–Trinajstić information content (AvgIpc) is 2.53. The Morgan fingerprint density at radius 1 is 0.625 bits per heavy atom. The molecular weight excluding hydrogens is 314 g/mol. The van der Waals surface area contributed by atoms with Crippen molar-refractivity contribution >= 4 is 28.7 Å². The van der Waals surface area contributed by atoms with Crippen molar-refractivity contribution in [3.63, 3.8) is 0 Å². The van der Waals surface area contributed by atoms with Crippen molar-refractivity contribution in [1.29, 1.82) is 0 Å². The molecule has 1 nitrogen and oxygen atoms in total. The highest BCUT2D eigenvalue weighted by molar-refractivity contribution is 6.30. The lowest BCUT2D eigenvalue weighted by molar-refractivity contribution is 1.21. The summed E-state index contributed by atoms with van der Waals surface area (Å²) in [4.78, 5) is 2.31. The lowest BCUT2D eigenvalue weighted by Crippen LogP contribution is -2.12. The maximum atomic E-state index is 6.09. The van der Waals surface area contributed by atoms with Gasteiger partial charge in [0.05, 0.1) is 0 Å². The lowest BCUT2D eigenvalue weighted by Gasteiger charge is -2.29. The maximum absolute atomic E-state index is 6.09. The molecule has 3 rings (SSSR count). The minimum absolute atomic E-state index is 0.750. The Morgan fingerprint density at radius 2 is 1.08 bits per heavy atom. The van der Waals surface area contributed by atoms with E-state index in [9.17, 15) is 0 Å². The van der Waals surface area contributed by atoms with Crippen LogP contribution in [0.3, 0.4) is 0 Å². The number of rotatable bonds is 3. The van der Waals surface area contributed by atoms with Crippen LogP contribution >= 0.6 is 11.6 Å². The zero-order valence-corrected chi connectivity index (χ0v) is 15.4. The van der Waals surface area contributed by atoms with Gasteiger partial charge in [-0.1, -0.05) is 47.0 Å². The molecule has 0 radical (unpaired) electrons. The SMILES string of the molecule is Cc1ccc(N(c2ccc(Cl)cc2)c2ccc(C)cc2C)c(C)c1. The Balaban J connectivity index is 2.22. The first-order valence-corrected chi connectivity index (χ1v) is 8.54. The second-order valence-electron chi connectivity index (χ2n) is 6.39. The summed E-state index contributed by atoms with van der Waals surface area (Å²) in [5.41, 5.74) is 8.54. The zero-order chi connectivity index (χ0) is 17.3. The fourth-order valence-corrected chi connectivity index (χ4v) is 3.24. The number of hydrogen-bond donors (Lipinski definition) is 0. The molecule has 0 saturated heterocycles. The van der Waals surface area contributed by atoms with Crippen molar-refractivity contribution in [3.05, 3.63) is 87.9 Å². The van der Waals surface area contributed by atoms with E-state index in [-0.39, 0.29) is 0 Å². The Labute approximate surface area is 149 Å². The molecule has 0 unspecified atom stereocenters. The second-order valence-corrected chi connectivity index (χ2v) is 6.83. The fraction of sp³-hybridized carbons (Fsp3) is 0.182. The van der Waals surface area contributed by atoms with Crippen molar-refractivity contribution in [3.8, 4) is 0 Å². The molecule has 0 atom stereocenters. The van der Waals surface area contributed by atoms with Crippen LogP contribution in [0.5, 0.6) is 0 Å². The predicted octanol–water partition coefficient (Wildman–Crippen LogP) is 7.04. The van der Waals surface area contributed by atoms with Crippen LogP contribution in [0.15, 0.2) is 60.7 Å². The van der Waals surface area contributed by atoms with E-state index in [4.69, 9.17) is 11.6 Å². The van der Waals surface area contributed by atoms with E-state index in [2.05, 4.69) is 81.1 Å². The van der Waals surface area contributed by atoms with Gasteiger partial charge in [0.2, 0.25) is 0 Å². The molecule has 0 aliphatic rings. The first-order valence-electron chi connectivity index (χ1n) is 8.16. The third-order valence-corrected chi connectivity index (χ3v) is 4.52. The summed E-state index contributed by atoms with van der Waals surface area (Å²) in [5, 5.41) is 0.750. The summed E-state index contributed by atoms with van der Waals surface area (Å²) in [6.45, 7) is 8.57. The Bertz CT molecular complexity index is 814. The average molecular weight is 336 g/mol. The third-order valence-electron chi connectivity index (χ3n) is 4.27. The minimum Gasteiger partial charge on any atom is -0.310 e. The smallest absolute Gasteiger partial charge is 0.0491 e. The molecule has 0 N–H and O–H groups in total. The van der Waals surface area contributed by atoms with E-state index in [1.807, 2.05) is 12.1 Å². The molecule has 3 aromatic rings. The summed E-state index contributed by atoms with van der Waals surface area (Å²) in [5.74, 6) is 0. The van der Waals surface area contributed by atoms with Gasteiger partial charge in [0.1, 0.15) is 0 Å². The van der Waals surface area contributed by atoms with E-state index in [1.165, 1.54) is 33.6 Å². The van der Waals surface area contributed by atoms with E-state index >= 15 is 0 Å². The number of benzene rings is 3. The summed E-state index contributed by atoms with van der Waals surface area (Å²) < 4.78 is 0. The van der Waals surface area contributed by atoms with Crippen LogP contribution in [0.2, 0.25) is 5.02 Å². The van der Waals surface area contributed by atoms with Gasteiger partial charge >= 0.3 is 0 Å². The van der Waals surface area contributed by atoms with E-state index in [0.717, 1.165) is 10.7 Å². The molecule has 0 bridgehead atoms. The van der Waals surface area contributed by atoms with Crippen LogP contribution < -0.4 is 4.90 Å². The summed E-state index contributed by atoms with van der Waals surface area (Å²) in [6, 6.07) is 21.2. The molecular formula is C22H22ClN. The molecule has 0 saturated carbocycles. The van der Waals surface area contributed by atoms with Crippen LogP contribution in [-0.2, 0) is 0 Å². The van der Waals surface area contributed by atoms with E-state index < -0.39 is 0 Å². The molecule has 122 valence electrons. The highest BCUT2D eigenvalue weighted by Crippen LogP contribution is 2.38. The van der Waals surface area contributed by atoms with Gasteiger partial charge in [0.25, 0.3) is 0 Å². The molecule has 0 amide bonds. The number of halogens is 1. The van der Waals surface area contributed by atoms with Gasteiger partial charge in [-0.05, 0) is 75.2 Å². The number of hydrogen-bond acceptors (Lipinski definition) is 1. The maximum Gasteiger partial charge on any atom is 0.0491 e. The van der Waals surface area contributed by atoms with Crippen LogP contribution in [0.4, 0.5) is 17.1 Å². The van der Waals surface area contributed by atoms with E-state index in [1.54, 1.807) is 0 Å². The summed E-state index contributed by atoms with van der Waals surface area (Å²) in [6.07, 6.45) is 0. The van der Waals surface area contributed by atoms with Crippen LogP contribution in [-0.4, -0.2) is 0 Å². The topological polar surface area (TPSA) is 3.24 Å². The van der Waals surface area contributed by atoms with Crippen molar-refractivity contribution in [2.45, 2.75) is 27.7 Å². The van der Waals surface area contributed by atoms with Gasteiger partial charge in [-0.15, -0.1) is 0 Å². The van der Waals surface area contributed by atoms with Gasteiger partial charge in [-0.2, -0.15) is 0 Å². The molecule has 0 aliphatic carbocycles. The monoisotopic (exact) mass is 335 g/mol. The predicted molar refractivity (Wildman–Crippen MR) is 105 cm³/mol. The standard InChI is InChI=1S/C22H22ClN/c1-15-5-11-21(17(3)13-15)24(20-9-7-19(23)8-10-20)22-12-6-16(2)14-18(22)4/h5-14H,1-4H3. The quantitative estimate of drug-likeness (QED) is 0.496. The molecule has 0 aliphatic heterocycles. The van der Waals surface area contributed by atoms with Crippen LogP contribution in [0.25, 0.3) is 0 Å². The Morgan fingerprint density at radius 3 is 1.50 bits per heavy atom. The first-order chi connectivity index (χ1) is 11.5. The second kappa shape index (κ2) is 6.70. The molecule has 24 heavy (non-hydrogen) atoms. The normalized spacial score (nSPS) is 10.7. The highest BCUT2D eigenvalue weighted by atomic mass is 35.5. The first kappa shape index (κ1) is 16.6. The third kappa shape index (κ3) is 3.32. The zero-order valence-electron chi connectivity index (χ0n) is 14.6. The highest BCUT2D eigenvalue weighted by Gasteiger charge is 2.16.